The molecular weight excluding hydrogens is 336 g/mol. The van der Waals surface area contributed by atoms with Crippen molar-refractivity contribution in [1.82, 2.24) is 0 Å². The number of benzene rings is 2. The highest BCUT2D eigenvalue weighted by Crippen LogP contribution is 2.31. The summed E-state index contributed by atoms with van der Waals surface area (Å²) in [5.41, 5.74) is 0.486. The van der Waals surface area contributed by atoms with Gasteiger partial charge >= 0.3 is 5.97 Å². The summed E-state index contributed by atoms with van der Waals surface area (Å²) >= 11 is 0. The molecule has 2 aromatic rings. The van der Waals surface area contributed by atoms with E-state index in [9.17, 15) is 14.9 Å². The van der Waals surface area contributed by atoms with Gasteiger partial charge in [0.05, 0.1) is 11.3 Å². The van der Waals surface area contributed by atoms with Crippen LogP contribution in [0, 0.1) is 11.3 Å². The highest BCUT2D eigenvalue weighted by molar-refractivity contribution is 6.11. The van der Waals surface area contributed by atoms with Crippen LogP contribution in [0.5, 0.6) is 11.5 Å². The lowest BCUT2D eigenvalue weighted by Crippen LogP contribution is -2.16. The lowest BCUT2D eigenvalue weighted by molar-refractivity contribution is -0.112. The van der Waals surface area contributed by atoms with Crippen LogP contribution in [0.1, 0.15) is 15.9 Å². The third kappa shape index (κ3) is 3.65. The van der Waals surface area contributed by atoms with Crippen LogP contribution in [0.25, 0.3) is 6.08 Å². The molecule has 2 N–H and O–H groups in total. The molecule has 1 aliphatic rings. The molecule has 2 aromatic carbocycles. The van der Waals surface area contributed by atoms with Crippen LogP contribution in [-0.4, -0.2) is 30.2 Å². The first-order valence-electron chi connectivity index (χ1n) is 7.73. The highest BCUT2D eigenvalue weighted by atomic mass is 16.6. The van der Waals surface area contributed by atoms with Crippen molar-refractivity contribution in [2.75, 3.05) is 18.5 Å². The van der Waals surface area contributed by atoms with Crippen molar-refractivity contribution in [2.45, 2.75) is 0 Å². The number of amides is 1. The lowest BCUT2D eigenvalue weighted by Gasteiger charge is -2.18. The molecule has 1 amide bonds. The van der Waals surface area contributed by atoms with Gasteiger partial charge in [-0.25, -0.2) is 4.79 Å². The van der Waals surface area contributed by atoms with Crippen LogP contribution >= 0.6 is 0 Å². The molecule has 0 bridgehead atoms. The zero-order valence-electron chi connectivity index (χ0n) is 13.6. The fourth-order valence-electron chi connectivity index (χ4n) is 2.43. The average molecular weight is 350 g/mol. The van der Waals surface area contributed by atoms with Gasteiger partial charge in [0.2, 0.25) is 0 Å². The Kier molecular flexibility index (Phi) is 4.85. The van der Waals surface area contributed by atoms with Crippen LogP contribution in [0.15, 0.2) is 48.0 Å². The molecule has 7 nitrogen and oxygen atoms in total. The molecule has 1 aliphatic heterocycles. The van der Waals surface area contributed by atoms with Gasteiger partial charge in [-0.1, -0.05) is 18.2 Å². The number of fused-ring (bicyclic) bond motifs is 1. The van der Waals surface area contributed by atoms with Gasteiger partial charge in [0.15, 0.2) is 11.5 Å². The summed E-state index contributed by atoms with van der Waals surface area (Å²) in [6.07, 6.45) is 1.40. The SMILES string of the molecule is N#C/C(=C\c1ccc2c(c1)OCCO2)C(=O)Nc1ccccc1C(=O)O. The molecule has 7 heteroatoms. The zero-order chi connectivity index (χ0) is 18.5. The van der Waals surface area contributed by atoms with E-state index < -0.39 is 11.9 Å². The third-order valence-corrected chi connectivity index (χ3v) is 3.65. The fourth-order valence-corrected chi connectivity index (χ4v) is 2.43. The maximum Gasteiger partial charge on any atom is 0.337 e. The number of nitrogens with zero attached hydrogens (tertiary/aromatic N) is 1. The van der Waals surface area contributed by atoms with E-state index in [1.165, 1.54) is 18.2 Å². The molecule has 3 rings (SSSR count). The van der Waals surface area contributed by atoms with Gasteiger partial charge in [0.25, 0.3) is 5.91 Å². The van der Waals surface area contributed by atoms with E-state index >= 15 is 0 Å². The number of hydrogen-bond donors (Lipinski definition) is 2. The summed E-state index contributed by atoms with van der Waals surface area (Å²) in [5.74, 6) is -0.725. The van der Waals surface area contributed by atoms with Crippen molar-refractivity contribution in [3.05, 3.63) is 59.2 Å². The number of para-hydroxylation sites is 1. The number of carboxylic acids is 1. The number of anilines is 1. The first kappa shape index (κ1) is 17.0. The molecule has 0 saturated heterocycles. The summed E-state index contributed by atoms with van der Waals surface area (Å²) in [4.78, 5) is 23.6. The molecule has 0 saturated carbocycles. The van der Waals surface area contributed by atoms with Gasteiger partial charge in [-0.2, -0.15) is 5.26 Å². The Morgan fingerprint density at radius 3 is 2.58 bits per heavy atom. The Balaban J connectivity index is 1.85. The number of nitriles is 1. The van der Waals surface area contributed by atoms with E-state index in [2.05, 4.69) is 5.32 Å². The van der Waals surface area contributed by atoms with Gasteiger partial charge < -0.3 is 19.9 Å². The van der Waals surface area contributed by atoms with Crippen LogP contribution in [0.3, 0.4) is 0 Å². The van der Waals surface area contributed by atoms with Crippen molar-refractivity contribution in [3.8, 4) is 17.6 Å². The van der Waals surface area contributed by atoms with Gasteiger partial charge in [-0.05, 0) is 35.9 Å². The zero-order valence-corrected chi connectivity index (χ0v) is 13.6. The van der Waals surface area contributed by atoms with Crippen molar-refractivity contribution < 1.29 is 24.2 Å². The second-order valence-electron chi connectivity index (χ2n) is 5.38. The maximum absolute atomic E-state index is 12.4. The Morgan fingerprint density at radius 2 is 1.85 bits per heavy atom. The molecule has 0 fully saturated rings. The standard InChI is InChI=1S/C19H14N2O5/c20-11-13(9-12-5-6-16-17(10-12)26-8-7-25-16)18(22)21-15-4-2-1-3-14(15)19(23)24/h1-6,9-10H,7-8H2,(H,21,22)(H,23,24)/b13-9+. The monoisotopic (exact) mass is 350 g/mol. The maximum atomic E-state index is 12.4. The Bertz CT molecular complexity index is 943. The second kappa shape index (κ2) is 7.40. The molecular formula is C19H14N2O5. The molecule has 0 unspecified atom stereocenters. The van der Waals surface area contributed by atoms with Crippen molar-refractivity contribution in [3.63, 3.8) is 0 Å². The second-order valence-corrected chi connectivity index (χ2v) is 5.38. The normalized spacial score (nSPS) is 12.8. The smallest absolute Gasteiger partial charge is 0.337 e. The minimum Gasteiger partial charge on any atom is -0.486 e. The Labute approximate surface area is 149 Å². The largest absolute Gasteiger partial charge is 0.486 e. The van der Waals surface area contributed by atoms with Gasteiger partial charge in [0.1, 0.15) is 24.9 Å². The first-order chi connectivity index (χ1) is 12.6. The number of hydrogen-bond acceptors (Lipinski definition) is 5. The molecule has 0 atom stereocenters. The van der Waals surface area contributed by atoms with E-state index in [1.807, 2.05) is 6.07 Å². The summed E-state index contributed by atoms with van der Waals surface area (Å²) in [6.45, 7) is 0.898. The van der Waals surface area contributed by atoms with E-state index in [0.717, 1.165) is 0 Å². The summed E-state index contributed by atoms with van der Waals surface area (Å²) in [7, 11) is 0. The highest BCUT2D eigenvalue weighted by Gasteiger charge is 2.16. The minimum absolute atomic E-state index is 0.0579. The molecule has 0 aliphatic carbocycles. The van der Waals surface area contributed by atoms with Crippen LogP contribution < -0.4 is 14.8 Å². The van der Waals surface area contributed by atoms with E-state index in [1.54, 1.807) is 30.3 Å². The lowest BCUT2D eigenvalue weighted by atomic mass is 10.1. The number of carbonyl (C=O) groups is 2. The predicted octanol–water partition coefficient (Wildman–Crippen LogP) is 2.70. The molecule has 0 aromatic heterocycles. The number of carbonyl (C=O) groups excluding carboxylic acids is 1. The number of aromatic carboxylic acids is 1. The molecule has 26 heavy (non-hydrogen) atoms. The number of ether oxygens (including phenoxy) is 2. The number of carboxylic acid groups (broad SMARTS) is 1. The van der Waals surface area contributed by atoms with Gasteiger partial charge in [0, 0.05) is 0 Å². The average Bonchev–Trinajstić information content (AvgIpc) is 2.66. The van der Waals surface area contributed by atoms with Crippen LogP contribution in [-0.2, 0) is 4.79 Å². The summed E-state index contributed by atoms with van der Waals surface area (Å²) in [6, 6.07) is 12.9. The van der Waals surface area contributed by atoms with E-state index in [0.29, 0.717) is 30.3 Å². The van der Waals surface area contributed by atoms with E-state index in [4.69, 9.17) is 14.6 Å². The quantitative estimate of drug-likeness (QED) is 0.648. The number of rotatable bonds is 4. The molecule has 130 valence electrons. The molecule has 1 heterocycles. The van der Waals surface area contributed by atoms with Gasteiger partial charge in [-0.15, -0.1) is 0 Å². The predicted molar refractivity (Wildman–Crippen MR) is 93.1 cm³/mol. The van der Waals surface area contributed by atoms with E-state index in [-0.39, 0.29) is 16.8 Å². The first-order valence-corrected chi connectivity index (χ1v) is 7.73. The Morgan fingerprint density at radius 1 is 1.12 bits per heavy atom. The summed E-state index contributed by atoms with van der Waals surface area (Å²) < 4.78 is 10.9. The topological polar surface area (TPSA) is 109 Å². The number of nitrogens with one attached hydrogen (secondary N) is 1. The fraction of sp³-hybridized carbons (Fsp3) is 0.105. The third-order valence-electron chi connectivity index (χ3n) is 3.65. The van der Waals surface area contributed by atoms with Crippen LogP contribution in [0.2, 0.25) is 0 Å². The Hall–Kier alpha value is -3.79. The summed E-state index contributed by atoms with van der Waals surface area (Å²) in [5, 5.41) is 20.9. The molecule has 0 radical (unpaired) electrons. The molecule has 0 spiro atoms. The van der Waals surface area contributed by atoms with Crippen LogP contribution in [0.4, 0.5) is 5.69 Å². The van der Waals surface area contributed by atoms with Crippen molar-refractivity contribution in [2.24, 2.45) is 0 Å². The van der Waals surface area contributed by atoms with Gasteiger partial charge in [-0.3, -0.25) is 4.79 Å². The van der Waals surface area contributed by atoms with Crippen molar-refractivity contribution in [1.29, 1.82) is 5.26 Å². The minimum atomic E-state index is -1.17. The van der Waals surface area contributed by atoms with Crippen molar-refractivity contribution >= 4 is 23.6 Å².